The van der Waals surface area contributed by atoms with Gasteiger partial charge in [0.25, 0.3) is 0 Å². The van der Waals surface area contributed by atoms with Crippen LogP contribution < -0.4 is 0 Å². The van der Waals surface area contributed by atoms with E-state index in [1.54, 1.807) is 0 Å². The molecule has 10 aromatic carbocycles. The molecule has 0 saturated carbocycles. The fourth-order valence-electron chi connectivity index (χ4n) is 10.5. The van der Waals surface area contributed by atoms with Gasteiger partial charge in [-0.25, -0.2) is 15.0 Å². The summed E-state index contributed by atoms with van der Waals surface area (Å²) in [4.78, 5) is 15.0. The van der Waals surface area contributed by atoms with E-state index in [0.29, 0.717) is 17.5 Å². The van der Waals surface area contributed by atoms with E-state index in [0.717, 1.165) is 72.0 Å². The van der Waals surface area contributed by atoms with E-state index < -0.39 is 5.41 Å². The summed E-state index contributed by atoms with van der Waals surface area (Å²) in [6.45, 7) is 0. The lowest BCUT2D eigenvalue weighted by Crippen LogP contribution is -2.28. The molecule has 68 heavy (non-hydrogen) atoms. The van der Waals surface area contributed by atoms with Gasteiger partial charge in [0, 0.05) is 27.5 Å². The molecule has 0 bridgehead atoms. The van der Waals surface area contributed by atoms with Gasteiger partial charge in [-0.05, 0) is 103 Å². The minimum absolute atomic E-state index is 0.541. The Kier molecular flexibility index (Phi) is 9.36. The largest absolute Gasteiger partial charge is 0.456 e. The molecule has 2 aromatic heterocycles. The van der Waals surface area contributed by atoms with Crippen molar-refractivity contribution in [3.63, 3.8) is 0 Å². The van der Waals surface area contributed by atoms with Crippen LogP contribution in [0.5, 0.6) is 0 Å². The second kappa shape index (κ2) is 16.2. The average molecular weight is 868 g/mol. The van der Waals surface area contributed by atoms with Gasteiger partial charge in [0.2, 0.25) is 0 Å². The fraction of sp³-hybridized carbons (Fsp3) is 0.0156. The number of aromatic nitrogens is 3. The minimum Gasteiger partial charge on any atom is -0.456 e. The molecule has 2 heterocycles. The van der Waals surface area contributed by atoms with Crippen LogP contribution in [0.4, 0.5) is 0 Å². The molecule has 0 amide bonds. The van der Waals surface area contributed by atoms with Gasteiger partial charge >= 0.3 is 0 Å². The van der Waals surface area contributed by atoms with Crippen molar-refractivity contribution in [1.29, 1.82) is 0 Å². The Hall–Kier alpha value is -8.99. The zero-order chi connectivity index (χ0) is 45.0. The number of fused-ring (bicyclic) bond motifs is 6. The summed E-state index contributed by atoms with van der Waals surface area (Å²) >= 11 is 0. The summed E-state index contributed by atoms with van der Waals surface area (Å²) in [5, 5.41) is 2.23. The number of benzene rings is 10. The summed E-state index contributed by atoms with van der Waals surface area (Å²) in [5.74, 6) is 1.91. The number of hydrogen-bond donors (Lipinski definition) is 0. The Morgan fingerprint density at radius 3 is 1.44 bits per heavy atom. The SMILES string of the molecule is c1ccc(-c2nc(-c3ccccc3)nc(-c3cccc(-c4ccc(-c5cc6c(cc5-c5ccc7c(c5)oc5ccccc57)-c5ccccc5C6(c5ccccc5)c5ccccc5)cc4)c3)n2)cc1. The molecule has 0 radical (unpaired) electrons. The smallest absolute Gasteiger partial charge is 0.164 e. The van der Waals surface area contributed by atoms with Gasteiger partial charge in [-0.3, -0.25) is 0 Å². The first-order valence-corrected chi connectivity index (χ1v) is 23.1. The Balaban J connectivity index is 0.977. The first-order chi connectivity index (χ1) is 33.7. The molecule has 0 atom stereocenters. The number of rotatable bonds is 8. The van der Waals surface area contributed by atoms with Crippen molar-refractivity contribution in [3.8, 4) is 78.7 Å². The van der Waals surface area contributed by atoms with Crippen molar-refractivity contribution < 1.29 is 4.42 Å². The van der Waals surface area contributed by atoms with E-state index in [1.165, 1.54) is 33.4 Å². The third-order valence-corrected chi connectivity index (χ3v) is 13.6. The Morgan fingerprint density at radius 2 is 0.765 bits per heavy atom. The van der Waals surface area contributed by atoms with Crippen LogP contribution in [0.2, 0.25) is 0 Å². The van der Waals surface area contributed by atoms with Crippen molar-refractivity contribution >= 4 is 21.9 Å². The average Bonchev–Trinajstić information content (AvgIpc) is 3.94. The molecule has 0 saturated heterocycles. The lowest BCUT2D eigenvalue weighted by Gasteiger charge is -2.34. The van der Waals surface area contributed by atoms with Crippen LogP contribution in [0, 0.1) is 0 Å². The van der Waals surface area contributed by atoms with Crippen LogP contribution in [0.3, 0.4) is 0 Å². The van der Waals surface area contributed by atoms with E-state index in [4.69, 9.17) is 19.4 Å². The van der Waals surface area contributed by atoms with E-state index >= 15 is 0 Å². The first-order valence-electron chi connectivity index (χ1n) is 23.1. The van der Waals surface area contributed by atoms with Crippen LogP contribution in [-0.4, -0.2) is 15.0 Å². The molecule has 4 nitrogen and oxygen atoms in total. The highest BCUT2D eigenvalue weighted by Crippen LogP contribution is 2.58. The van der Waals surface area contributed by atoms with E-state index in [2.05, 4.69) is 176 Å². The molecule has 0 aliphatic heterocycles. The summed E-state index contributed by atoms with van der Waals surface area (Å²) in [5.41, 5.74) is 18.2. The highest BCUT2D eigenvalue weighted by molar-refractivity contribution is 6.06. The third-order valence-electron chi connectivity index (χ3n) is 13.6. The Labute approximate surface area is 394 Å². The van der Waals surface area contributed by atoms with Crippen molar-refractivity contribution in [3.05, 3.63) is 271 Å². The monoisotopic (exact) mass is 867 g/mol. The van der Waals surface area contributed by atoms with E-state index in [9.17, 15) is 0 Å². The molecular weight excluding hydrogens is 827 g/mol. The van der Waals surface area contributed by atoms with Crippen molar-refractivity contribution in [2.45, 2.75) is 5.41 Å². The van der Waals surface area contributed by atoms with Gasteiger partial charge in [0.15, 0.2) is 17.5 Å². The lowest BCUT2D eigenvalue weighted by atomic mass is 9.67. The molecule has 318 valence electrons. The van der Waals surface area contributed by atoms with Crippen LogP contribution in [0.25, 0.3) is 101 Å². The maximum atomic E-state index is 6.51. The van der Waals surface area contributed by atoms with Crippen LogP contribution >= 0.6 is 0 Å². The maximum Gasteiger partial charge on any atom is 0.164 e. The zero-order valence-electron chi connectivity index (χ0n) is 36.9. The second-order valence-electron chi connectivity index (χ2n) is 17.5. The quantitative estimate of drug-likeness (QED) is 0.153. The van der Waals surface area contributed by atoms with E-state index in [-0.39, 0.29) is 0 Å². The predicted octanol–water partition coefficient (Wildman–Crippen LogP) is 16.1. The number of furan rings is 1. The number of nitrogens with zero attached hydrogens (tertiary/aromatic N) is 3. The number of hydrogen-bond acceptors (Lipinski definition) is 4. The first kappa shape index (κ1) is 39.4. The highest BCUT2D eigenvalue weighted by Gasteiger charge is 2.46. The number of para-hydroxylation sites is 1. The minimum atomic E-state index is -0.541. The standard InChI is InChI=1S/C64H41N3O/c1-5-18-44(19-6-1)61-65-62(45-20-7-2-8-21-45)67-63(66-61)48-23-17-22-46(38-48)42-32-34-43(35-33-42)55-41-58-56(40-54(55)47-36-37-53-52-29-14-16-31-59(52)68-60(53)39-47)51-28-13-15-30-57(51)64(58,49-24-9-3-10-25-49)50-26-11-4-12-27-50/h1-41H. The normalized spacial score (nSPS) is 12.5. The van der Waals surface area contributed by atoms with Crippen LogP contribution in [0.15, 0.2) is 253 Å². The summed E-state index contributed by atoms with van der Waals surface area (Å²) in [6.07, 6.45) is 0. The zero-order valence-corrected chi connectivity index (χ0v) is 36.9. The highest BCUT2D eigenvalue weighted by atomic mass is 16.3. The van der Waals surface area contributed by atoms with Crippen molar-refractivity contribution in [1.82, 2.24) is 15.0 Å². The Bertz CT molecular complexity index is 3730. The molecular formula is C64H41N3O. The van der Waals surface area contributed by atoms with E-state index in [1.807, 2.05) is 72.8 Å². The van der Waals surface area contributed by atoms with Gasteiger partial charge in [0.1, 0.15) is 11.2 Å². The third kappa shape index (κ3) is 6.49. The predicted molar refractivity (Wildman–Crippen MR) is 277 cm³/mol. The van der Waals surface area contributed by atoms with Gasteiger partial charge in [-0.15, -0.1) is 0 Å². The van der Waals surface area contributed by atoms with Crippen molar-refractivity contribution in [2.24, 2.45) is 0 Å². The molecule has 4 heteroatoms. The Morgan fingerprint density at radius 1 is 0.265 bits per heavy atom. The molecule has 12 aromatic rings. The summed E-state index contributed by atoms with van der Waals surface area (Å²) < 4.78 is 6.51. The molecule has 0 spiro atoms. The lowest BCUT2D eigenvalue weighted by molar-refractivity contribution is 0.669. The molecule has 1 aliphatic carbocycles. The fourth-order valence-corrected chi connectivity index (χ4v) is 10.5. The molecule has 1 aliphatic rings. The van der Waals surface area contributed by atoms with Gasteiger partial charge in [-0.2, -0.15) is 0 Å². The molecule has 0 fully saturated rings. The van der Waals surface area contributed by atoms with Crippen molar-refractivity contribution in [2.75, 3.05) is 0 Å². The molecule has 13 rings (SSSR count). The summed E-state index contributed by atoms with van der Waals surface area (Å²) in [7, 11) is 0. The van der Waals surface area contributed by atoms with Crippen LogP contribution in [0.1, 0.15) is 22.3 Å². The second-order valence-corrected chi connectivity index (χ2v) is 17.5. The molecule has 0 N–H and O–H groups in total. The molecule has 0 unspecified atom stereocenters. The van der Waals surface area contributed by atoms with Crippen LogP contribution in [-0.2, 0) is 5.41 Å². The topological polar surface area (TPSA) is 51.8 Å². The summed E-state index contributed by atoms with van der Waals surface area (Å²) in [6, 6.07) is 88.6. The van der Waals surface area contributed by atoms with Gasteiger partial charge in [-0.1, -0.05) is 212 Å². The maximum absolute atomic E-state index is 6.51. The van der Waals surface area contributed by atoms with Gasteiger partial charge in [0.05, 0.1) is 5.41 Å². The van der Waals surface area contributed by atoms with Gasteiger partial charge < -0.3 is 4.42 Å².